The van der Waals surface area contributed by atoms with E-state index >= 15 is 0 Å². The number of anilines is 2. The van der Waals surface area contributed by atoms with Gasteiger partial charge in [-0.25, -0.2) is 9.97 Å². The first-order valence-electron chi connectivity index (χ1n) is 6.23. The molecule has 7 heteroatoms. The van der Waals surface area contributed by atoms with Crippen LogP contribution in [0.5, 0.6) is 0 Å². The van der Waals surface area contributed by atoms with Crippen molar-refractivity contribution in [2.75, 3.05) is 5.32 Å². The summed E-state index contributed by atoms with van der Waals surface area (Å²) >= 11 is 0. The van der Waals surface area contributed by atoms with Gasteiger partial charge in [0.1, 0.15) is 12.1 Å². The summed E-state index contributed by atoms with van der Waals surface area (Å²) in [5.74, 6) is 0.509. The molecule has 0 amide bonds. The third-order valence-electron chi connectivity index (χ3n) is 3.01. The van der Waals surface area contributed by atoms with Crippen LogP contribution in [0.4, 0.5) is 17.2 Å². The van der Waals surface area contributed by atoms with Gasteiger partial charge >= 0.3 is 0 Å². The molecular weight excluding hydrogens is 270 g/mol. The second-order valence-corrected chi connectivity index (χ2v) is 4.47. The van der Waals surface area contributed by atoms with Gasteiger partial charge in [-0.1, -0.05) is 6.07 Å². The molecule has 3 aromatic rings. The van der Waals surface area contributed by atoms with Crippen LogP contribution in [-0.4, -0.2) is 19.9 Å². The second-order valence-electron chi connectivity index (χ2n) is 4.47. The predicted molar refractivity (Wildman–Crippen MR) is 78.4 cm³/mol. The Balaban J connectivity index is 2.09. The van der Waals surface area contributed by atoms with E-state index in [1.54, 1.807) is 18.3 Å². The Labute approximate surface area is 119 Å². The zero-order valence-electron chi connectivity index (χ0n) is 11.1. The number of aryl methyl sites for hydroxylation is 1. The van der Waals surface area contributed by atoms with Crippen molar-refractivity contribution in [1.82, 2.24) is 15.0 Å². The average molecular weight is 281 g/mol. The number of non-ortho nitro benzene ring substituents is 1. The molecular formula is C14H11N5O2. The molecule has 0 spiro atoms. The fourth-order valence-electron chi connectivity index (χ4n) is 2.00. The first kappa shape index (κ1) is 12.9. The van der Waals surface area contributed by atoms with Crippen LogP contribution in [0.25, 0.3) is 10.9 Å². The van der Waals surface area contributed by atoms with Gasteiger partial charge in [0.25, 0.3) is 5.69 Å². The second kappa shape index (κ2) is 5.12. The van der Waals surface area contributed by atoms with Crippen molar-refractivity contribution in [3.05, 3.63) is 58.7 Å². The minimum Gasteiger partial charge on any atom is -0.338 e. The molecule has 0 bridgehead atoms. The van der Waals surface area contributed by atoms with Gasteiger partial charge < -0.3 is 5.32 Å². The van der Waals surface area contributed by atoms with E-state index in [4.69, 9.17) is 0 Å². The van der Waals surface area contributed by atoms with Crippen molar-refractivity contribution in [3.8, 4) is 0 Å². The molecule has 3 rings (SSSR count). The van der Waals surface area contributed by atoms with Crippen molar-refractivity contribution >= 4 is 28.1 Å². The Morgan fingerprint density at radius 3 is 2.71 bits per heavy atom. The Kier molecular flexibility index (Phi) is 3.15. The van der Waals surface area contributed by atoms with Crippen LogP contribution in [0.1, 0.15) is 5.69 Å². The van der Waals surface area contributed by atoms with Gasteiger partial charge in [-0.3, -0.25) is 15.1 Å². The fraction of sp³-hybridized carbons (Fsp3) is 0.0714. The number of hydrogen-bond acceptors (Lipinski definition) is 6. The van der Waals surface area contributed by atoms with Crippen LogP contribution in [0, 0.1) is 17.0 Å². The molecule has 104 valence electrons. The number of benzene rings is 1. The summed E-state index contributed by atoms with van der Waals surface area (Å²) in [6.45, 7) is 1.90. The summed E-state index contributed by atoms with van der Waals surface area (Å²) in [4.78, 5) is 22.9. The lowest BCUT2D eigenvalue weighted by molar-refractivity contribution is -0.383. The maximum Gasteiger partial charge on any atom is 0.295 e. The van der Waals surface area contributed by atoms with Crippen LogP contribution in [-0.2, 0) is 0 Å². The first-order chi connectivity index (χ1) is 10.1. The van der Waals surface area contributed by atoms with Crippen molar-refractivity contribution in [2.24, 2.45) is 0 Å². The fourth-order valence-corrected chi connectivity index (χ4v) is 2.00. The summed E-state index contributed by atoms with van der Waals surface area (Å²) in [7, 11) is 0. The highest BCUT2D eigenvalue weighted by Gasteiger charge is 2.15. The van der Waals surface area contributed by atoms with Gasteiger partial charge in [0, 0.05) is 11.8 Å². The number of para-hydroxylation sites is 1. The molecule has 0 radical (unpaired) electrons. The third kappa shape index (κ3) is 2.48. The van der Waals surface area contributed by atoms with E-state index in [1.807, 2.05) is 19.1 Å². The highest BCUT2D eigenvalue weighted by molar-refractivity contribution is 5.95. The Hall–Kier alpha value is -3.09. The number of aromatic nitrogens is 3. The lowest BCUT2D eigenvalue weighted by atomic mass is 10.2. The van der Waals surface area contributed by atoms with Crippen molar-refractivity contribution in [1.29, 1.82) is 0 Å². The number of fused-ring (bicyclic) bond motifs is 1. The number of nitrogens with zero attached hydrogens (tertiary/aromatic N) is 4. The van der Waals surface area contributed by atoms with Gasteiger partial charge in [0.2, 0.25) is 0 Å². The Morgan fingerprint density at radius 1 is 1.14 bits per heavy atom. The van der Waals surface area contributed by atoms with Crippen molar-refractivity contribution in [2.45, 2.75) is 6.92 Å². The molecule has 21 heavy (non-hydrogen) atoms. The SMILES string of the molecule is Cc1ccc(Nc2ncnc3c([N+](=O)[O-])cccc23)cn1. The number of rotatable bonds is 3. The molecule has 0 fully saturated rings. The van der Waals surface area contributed by atoms with Gasteiger partial charge in [-0.2, -0.15) is 0 Å². The lowest BCUT2D eigenvalue weighted by Gasteiger charge is -2.08. The maximum atomic E-state index is 11.0. The van der Waals surface area contributed by atoms with Crippen molar-refractivity contribution < 1.29 is 4.92 Å². The summed E-state index contributed by atoms with van der Waals surface area (Å²) < 4.78 is 0. The average Bonchev–Trinajstić information content (AvgIpc) is 2.49. The molecule has 7 nitrogen and oxygen atoms in total. The molecule has 0 saturated heterocycles. The molecule has 0 unspecified atom stereocenters. The number of nitrogens with one attached hydrogen (secondary N) is 1. The van der Waals surface area contributed by atoms with Crippen LogP contribution < -0.4 is 5.32 Å². The molecule has 1 N–H and O–H groups in total. The first-order valence-corrected chi connectivity index (χ1v) is 6.23. The molecule has 0 aliphatic rings. The molecule has 2 aromatic heterocycles. The summed E-state index contributed by atoms with van der Waals surface area (Å²) in [6.07, 6.45) is 2.99. The molecule has 0 atom stereocenters. The lowest BCUT2D eigenvalue weighted by Crippen LogP contribution is -1.98. The monoisotopic (exact) mass is 281 g/mol. The molecule has 2 heterocycles. The molecule has 0 saturated carbocycles. The maximum absolute atomic E-state index is 11.0. The summed E-state index contributed by atoms with van der Waals surface area (Å²) in [6, 6.07) is 8.52. The largest absolute Gasteiger partial charge is 0.338 e. The third-order valence-corrected chi connectivity index (χ3v) is 3.01. The highest BCUT2D eigenvalue weighted by atomic mass is 16.6. The Morgan fingerprint density at radius 2 is 2.00 bits per heavy atom. The van der Waals surface area contributed by atoms with Crippen LogP contribution in [0.15, 0.2) is 42.9 Å². The quantitative estimate of drug-likeness (QED) is 0.586. The van der Waals surface area contributed by atoms with Gasteiger partial charge in [-0.05, 0) is 25.1 Å². The molecule has 0 aliphatic carbocycles. The predicted octanol–water partition coefficient (Wildman–Crippen LogP) is 2.99. The zero-order chi connectivity index (χ0) is 14.8. The minimum absolute atomic E-state index is 0.0417. The molecule has 1 aromatic carbocycles. The minimum atomic E-state index is -0.452. The van der Waals surface area contributed by atoms with E-state index in [0.717, 1.165) is 11.4 Å². The number of pyridine rings is 1. The van der Waals surface area contributed by atoms with Crippen LogP contribution in [0.2, 0.25) is 0 Å². The van der Waals surface area contributed by atoms with E-state index in [1.165, 1.54) is 12.4 Å². The standard InChI is InChI=1S/C14H11N5O2/c1-9-5-6-10(7-15-9)18-14-11-3-2-4-12(19(20)21)13(11)16-8-17-14/h2-8H,1H3,(H,16,17,18). The van der Waals surface area contributed by atoms with E-state index in [2.05, 4.69) is 20.3 Å². The van der Waals surface area contributed by atoms with E-state index in [9.17, 15) is 10.1 Å². The normalized spacial score (nSPS) is 10.5. The zero-order valence-corrected chi connectivity index (χ0v) is 11.1. The van der Waals surface area contributed by atoms with Gasteiger partial charge in [0.05, 0.1) is 22.2 Å². The summed E-state index contributed by atoms with van der Waals surface area (Å²) in [5.41, 5.74) is 1.93. The van der Waals surface area contributed by atoms with Crippen LogP contribution >= 0.6 is 0 Å². The van der Waals surface area contributed by atoms with E-state index in [0.29, 0.717) is 16.7 Å². The highest BCUT2D eigenvalue weighted by Crippen LogP contribution is 2.28. The van der Waals surface area contributed by atoms with E-state index in [-0.39, 0.29) is 5.69 Å². The number of hydrogen-bond donors (Lipinski definition) is 1. The van der Waals surface area contributed by atoms with Gasteiger partial charge in [0.15, 0.2) is 5.52 Å². The smallest absolute Gasteiger partial charge is 0.295 e. The van der Waals surface area contributed by atoms with Gasteiger partial charge in [-0.15, -0.1) is 0 Å². The topological polar surface area (TPSA) is 93.8 Å². The van der Waals surface area contributed by atoms with Crippen LogP contribution in [0.3, 0.4) is 0 Å². The number of nitro groups is 1. The molecule has 0 aliphatic heterocycles. The van der Waals surface area contributed by atoms with E-state index < -0.39 is 4.92 Å². The Bertz CT molecular complexity index is 817. The van der Waals surface area contributed by atoms with Crippen molar-refractivity contribution in [3.63, 3.8) is 0 Å². The summed E-state index contributed by atoms with van der Waals surface area (Å²) in [5, 5.41) is 14.7. The number of nitro benzene ring substituents is 1.